The van der Waals surface area contributed by atoms with Gasteiger partial charge in [-0.25, -0.2) is 4.79 Å². The third-order valence-electron chi connectivity index (χ3n) is 4.01. The van der Waals surface area contributed by atoms with Crippen LogP contribution in [0.2, 0.25) is 5.02 Å². The molecule has 2 rings (SSSR count). The van der Waals surface area contributed by atoms with E-state index in [2.05, 4.69) is 12.2 Å². The summed E-state index contributed by atoms with van der Waals surface area (Å²) in [6, 6.07) is 6.14. The number of carbonyl (C=O) groups is 1. The zero-order valence-electron chi connectivity index (χ0n) is 14.5. The monoisotopic (exact) mass is 338 g/mol. The first-order valence-corrected chi connectivity index (χ1v) is 8.59. The molecular weight excluding hydrogens is 312 g/mol. The quantitative estimate of drug-likeness (QED) is 0.897. The van der Waals surface area contributed by atoms with Crippen LogP contribution in [0.15, 0.2) is 18.2 Å². The molecule has 23 heavy (non-hydrogen) atoms. The summed E-state index contributed by atoms with van der Waals surface area (Å²) in [6.07, 6.45) is 1.85. The number of aryl methyl sites for hydroxylation is 1. The Morgan fingerprint density at radius 1 is 1.43 bits per heavy atom. The second-order valence-corrected chi connectivity index (χ2v) is 7.61. The van der Waals surface area contributed by atoms with Gasteiger partial charge < -0.3 is 15.0 Å². The van der Waals surface area contributed by atoms with Crippen molar-refractivity contribution in [2.75, 3.05) is 13.1 Å². The number of benzene rings is 1. The topological polar surface area (TPSA) is 41.6 Å². The Labute approximate surface area is 144 Å². The standard InChI is InChI=1S/C18H27ClN2O2/c1-13-10-15(19)8-7-14(13)11-20-12-16-6-5-9-21(16)17(22)23-18(2,3)4/h7-8,10,16,20H,5-6,9,11-12H2,1-4H3. The summed E-state index contributed by atoms with van der Waals surface area (Å²) in [5, 5.41) is 4.22. The van der Waals surface area contributed by atoms with Crippen LogP contribution in [-0.2, 0) is 11.3 Å². The predicted molar refractivity (Wildman–Crippen MR) is 93.9 cm³/mol. The summed E-state index contributed by atoms with van der Waals surface area (Å²) in [4.78, 5) is 14.1. The Bertz CT molecular complexity index is 554. The highest BCUT2D eigenvalue weighted by Gasteiger charge is 2.31. The molecule has 0 aliphatic carbocycles. The molecular formula is C18H27ClN2O2. The van der Waals surface area contributed by atoms with Gasteiger partial charge in [-0.15, -0.1) is 0 Å². The molecule has 4 nitrogen and oxygen atoms in total. The summed E-state index contributed by atoms with van der Waals surface area (Å²) < 4.78 is 5.49. The molecule has 0 spiro atoms. The highest BCUT2D eigenvalue weighted by atomic mass is 35.5. The minimum atomic E-state index is -0.446. The molecule has 1 aromatic rings. The van der Waals surface area contributed by atoms with Crippen LogP contribution in [0.4, 0.5) is 4.79 Å². The van der Waals surface area contributed by atoms with Gasteiger partial charge in [0.2, 0.25) is 0 Å². The average molecular weight is 339 g/mol. The fourth-order valence-corrected chi connectivity index (χ4v) is 3.07. The lowest BCUT2D eigenvalue weighted by atomic mass is 10.1. The normalized spacial score (nSPS) is 18.3. The maximum Gasteiger partial charge on any atom is 0.410 e. The molecule has 0 bridgehead atoms. The predicted octanol–water partition coefficient (Wildman–Crippen LogP) is 4.14. The number of ether oxygens (including phenoxy) is 1. The van der Waals surface area contributed by atoms with Gasteiger partial charge in [-0.1, -0.05) is 17.7 Å². The number of hydrogen-bond donors (Lipinski definition) is 1. The first-order valence-electron chi connectivity index (χ1n) is 8.21. The van der Waals surface area contributed by atoms with E-state index >= 15 is 0 Å². The Balaban J connectivity index is 1.85. The molecule has 128 valence electrons. The van der Waals surface area contributed by atoms with Gasteiger partial charge in [0, 0.05) is 30.7 Å². The summed E-state index contributed by atoms with van der Waals surface area (Å²) in [5.41, 5.74) is 1.97. The molecule has 1 saturated heterocycles. The minimum Gasteiger partial charge on any atom is -0.444 e. The zero-order valence-corrected chi connectivity index (χ0v) is 15.2. The molecule has 5 heteroatoms. The van der Waals surface area contributed by atoms with E-state index in [1.807, 2.05) is 43.9 Å². The van der Waals surface area contributed by atoms with Crippen LogP contribution >= 0.6 is 11.6 Å². The molecule has 0 aromatic heterocycles. The number of carbonyl (C=O) groups excluding carboxylic acids is 1. The van der Waals surface area contributed by atoms with Crippen molar-refractivity contribution in [1.29, 1.82) is 0 Å². The van der Waals surface area contributed by atoms with Crippen LogP contribution in [0.5, 0.6) is 0 Å². The van der Waals surface area contributed by atoms with Crippen LogP contribution in [0.25, 0.3) is 0 Å². The van der Waals surface area contributed by atoms with E-state index in [-0.39, 0.29) is 12.1 Å². The molecule has 0 radical (unpaired) electrons. The highest BCUT2D eigenvalue weighted by molar-refractivity contribution is 6.30. The zero-order chi connectivity index (χ0) is 17.0. The van der Waals surface area contributed by atoms with E-state index in [0.29, 0.717) is 0 Å². The number of halogens is 1. The van der Waals surface area contributed by atoms with E-state index in [1.54, 1.807) is 0 Å². The van der Waals surface area contributed by atoms with Crippen molar-refractivity contribution < 1.29 is 9.53 Å². The van der Waals surface area contributed by atoms with Gasteiger partial charge in [-0.3, -0.25) is 0 Å². The lowest BCUT2D eigenvalue weighted by Crippen LogP contribution is -2.44. The van der Waals surface area contributed by atoms with Gasteiger partial charge in [-0.2, -0.15) is 0 Å². The molecule has 1 aliphatic heterocycles. The van der Waals surface area contributed by atoms with Crippen molar-refractivity contribution in [3.8, 4) is 0 Å². The first-order chi connectivity index (χ1) is 10.8. The second kappa shape index (κ2) is 7.54. The summed E-state index contributed by atoms with van der Waals surface area (Å²) in [5.74, 6) is 0. The Kier molecular flexibility index (Phi) is 5.93. The number of hydrogen-bond acceptors (Lipinski definition) is 3. The van der Waals surface area contributed by atoms with Crippen molar-refractivity contribution in [3.05, 3.63) is 34.3 Å². The maximum atomic E-state index is 12.3. The fraction of sp³-hybridized carbons (Fsp3) is 0.611. The molecule has 1 N–H and O–H groups in total. The molecule has 1 unspecified atom stereocenters. The third-order valence-corrected chi connectivity index (χ3v) is 4.24. The van der Waals surface area contributed by atoms with Crippen LogP contribution in [-0.4, -0.2) is 35.7 Å². The van der Waals surface area contributed by atoms with Gasteiger partial charge in [0.1, 0.15) is 5.60 Å². The largest absolute Gasteiger partial charge is 0.444 e. The van der Waals surface area contributed by atoms with Crippen LogP contribution in [0.3, 0.4) is 0 Å². The summed E-state index contributed by atoms with van der Waals surface area (Å²) in [6.45, 7) is 10.1. The van der Waals surface area contributed by atoms with Crippen molar-refractivity contribution in [3.63, 3.8) is 0 Å². The van der Waals surface area contributed by atoms with E-state index < -0.39 is 5.60 Å². The van der Waals surface area contributed by atoms with E-state index in [9.17, 15) is 4.79 Å². The first kappa shape index (κ1) is 18.1. The molecule has 1 heterocycles. The van der Waals surface area contributed by atoms with E-state index in [4.69, 9.17) is 16.3 Å². The highest BCUT2D eigenvalue weighted by Crippen LogP contribution is 2.21. The van der Waals surface area contributed by atoms with Gasteiger partial charge in [0.15, 0.2) is 0 Å². The Morgan fingerprint density at radius 3 is 2.83 bits per heavy atom. The van der Waals surface area contributed by atoms with Crippen molar-refractivity contribution in [1.82, 2.24) is 10.2 Å². The van der Waals surface area contributed by atoms with Crippen LogP contribution < -0.4 is 5.32 Å². The number of amides is 1. The number of nitrogens with one attached hydrogen (secondary N) is 1. The summed E-state index contributed by atoms with van der Waals surface area (Å²) in [7, 11) is 0. The maximum absolute atomic E-state index is 12.3. The molecule has 1 atom stereocenters. The molecule has 1 aromatic carbocycles. The fourth-order valence-electron chi connectivity index (χ4n) is 2.84. The van der Waals surface area contributed by atoms with Crippen molar-refractivity contribution >= 4 is 17.7 Å². The van der Waals surface area contributed by atoms with Crippen molar-refractivity contribution in [2.45, 2.75) is 58.7 Å². The second-order valence-electron chi connectivity index (χ2n) is 7.17. The summed E-state index contributed by atoms with van der Waals surface area (Å²) >= 11 is 5.98. The lowest BCUT2D eigenvalue weighted by molar-refractivity contribution is 0.0226. The molecule has 1 amide bonds. The van der Waals surface area contributed by atoms with Gasteiger partial charge in [0.05, 0.1) is 0 Å². The Hall–Kier alpha value is -1.26. The van der Waals surface area contributed by atoms with Gasteiger partial charge >= 0.3 is 6.09 Å². The number of likely N-dealkylation sites (tertiary alicyclic amines) is 1. The molecule has 1 aliphatic rings. The van der Waals surface area contributed by atoms with Crippen LogP contribution in [0.1, 0.15) is 44.7 Å². The van der Waals surface area contributed by atoms with Crippen LogP contribution in [0, 0.1) is 6.92 Å². The number of rotatable bonds is 4. The molecule has 0 saturated carbocycles. The van der Waals surface area contributed by atoms with E-state index in [0.717, 1.165) is 37.5 Å². The van der Waals surface area contributed by atoms with Gasteiger partial charge in [0.25, 0.3) is 0 Å². The average Bonchev–Trinajstić information content (AvgIpc) is 2.88. The smallest absolute Gasteiger partial charge is 0.410 e. The Morgan fingerprint density at radius 2 is 2.17 bits per heavy atom. The number of nitrogens with zero attached hydrogens (tertiary/aromatic N) is 1. The lowest BCUT2D eigenvalue weighted by Gasteiger charge is -2.28. The minimum absolute atomic E-state index is 0.204. The van der Waals surface area contributed by atoms with Crippen molar-refractivity contribution in [2.24, 2.45) is 0 Å². The molecule has 1 fully saturated rings. The van der Waals surface area contributed by atoms with E-state index in [1.165, 1.54) is 11.1 Å². The van der Waals surface area contributed by atoms with Gasteiger partial charge in [-0.05, 0) is 63.8 Å². The SMILES string of the molecule is Cc1cc(Cl)ccc1CNCC1CCCN1C(=O)OC(C)(C)C. The third kappa shape index (κ3) is 5.40.